The zero-order valence-corrected chi connectivity index (χ0v) is 20.0. The second-order valence-electron chi connectivity index (χ2n) is 6.37. The van der Waals surface area contributed by atoms with E-state index in [9.17, 15) is 9.59 Å². The molecule has 0 saturated heterocycles. The van der Waals surface area contributed by atoms with Crippen molar-refractivity contribution in [3.8, 4) is 11.5 Å². The summed E-state index contributed by atoms with van der Waals surface area (Å²) in [5.41, 5.74) is 5.18. The van der Waals surface area contributed by atoms with Gasteiger partial charge in [0.1, 0.15) is 11.5 Å². The summed E-state index contributed by atoms with van der Waals surface area (Å²) in [6, 6.07) is 11.8. The SMILES string of the molecule is CCCCCOc1ccccc1C(=O)NC(=S)NNC(=O)COc1ccc(Cl)cc1Br. The van der Waals surface area contributed by atoms with Crippen LogP contribution in [0, 0.1) is 0 Å². The Morgan fingerprint density at radius 1 is 1.06 bits per heavy atom. The molecule has 10 heteroatoms. The molecule has 2 rings (SSSR count). The van der Waals surface area contributed by atoms with E-state index in [1.165, 1.54) is 0 Å². The van der Waals surface area contributed by atoms with Crippen molar-refractivity contribution in [3.05, 3.63) is 57.5 Å². The molecule has 3 N–H and O–H groups in total. The number of para-hydroxylation sites is 1. The van der Waals surface area contributed by atoms with Crippen LogP contribution in [0.1, 0.15) is 36.5 Å². The van der Waals surface area contributed by atoms with Crippen LogP contribution in [-0.4, -0.2) is 30.1 Å². The number of hydrazine groups is 1. The molecule has 166 valence electrons. The van der Waals surface area contributed by atoms with Crippen molar-refractivity contribution in [1.29, 1.82) is 0 Å². The molecule has 0 saturated carbocycles. The highest BCUT2D eigenvalue weighted by Crippen LogP contribution is 2.27. The first kappa shape index (κ1) is 24.9. The van der Waals surface area contributed by atoms with Crippen molar-refractivity contribution in [3.63, 3.8) is 0 Å². The number of benzene rings is 2. The number of halogens is 2. The smallest absolute Gasteiger partial charge is 0.276 e. The van der Waals surface area contributed by atoms with Crippen LogP contribution in [0.5, 0.6) is 11.5 Å². The summed E-state index contributed by atoms with van der Waals surface area (Å²) in [6.07, 6.45) is 3.05. The molecule has 2 amide bonds. The highest BCUT2D eigenvalue weighted by molar-refractivity contribution is 9.10. The van der Waals surface area contributed by atoms with Crippen molar-refractivity contribution >= 4 is 56.7 Å². The Balaban J connectivity index is 1.79. The lowest BCUT2D eigenvalue weighted by atomic mass is 10.2. The molecule has 7 nitrogen and oxygen atoms in total. The van der Waals surface area contributed by atoms with Gasteiger partial charge in [0.15, 0.2) is 11.7 Å². The Labute approximate surface area is 199 Å². The normalized spacial score (nSPS) is 10.2. The molecular formula is C21H23BrClN3O4S. The van der Waals surface area contributed by atoms with Gasteiger partial charge in [0.2, 0.25) is 0 Å². The molecule has 0 aliphatic rings. The molecule has 0 atom stereocenters. The number of nitrogens with one attached hydrogen (secondary N) is 3. The Bertz CT molecular complexity index is 929. The summed E-state index contributed by atoms with van der Waals surface area (Å²) in [6.45, 7) is 2.37. The lowest BCUT2D eigenvalue weighted by Crippen LogP contribution is -2.49. The van der Waals surface area contributed by atoms with Gasteiger partial charge in [0, 0.05) is 5.02 Å². The Hall–Kier alpha value is -2.36. The van der Waals surface area contributed by atoms with Crippen LogP contribution >= 0.6 is 39.7 Å². The third-order valence-corrected chi connectivity index (χ3v) is 4.99. The van der Waals surface area contributed by atoms with E-state index in [2.05, 4.69) is 39.0 Å². The first-order valence-corrected chi connectivity index (χ1v) is 11.2. The van der Waals surface area contributed by atoms with Gasteiger partial charge >= 0.3 is 0 Å². The molecule has 2 aromatic carbocycles. The highest BCUT2D eigenvalue weighted by Gasteiger charge is 2.14. The number of carbonyl (C=O) groups is 2. The summed E-state index contributed by atoms with van der Waals surface area (Å²) >= 11 is 14.2. The van der Waals surface area contributed by atoms with Gasteiger partial charge in [-0.25, -0.2) is 0 Å². The first-order valence-electron chi connectivity index (χ1n) is 9.60. The molecule has 0 aliphatic heterocycles. The summed E-state index contributed by atoms with van der Waals surface area (Å²) in [4.78, 5) is 24.5. The van der Waals surface area contributed by atoms with Crippen LogP contribution < -0.4 is 25.6 Å². The van der Waals surface area contributed by atoms with Gasteiger partial charge in [-0.15, -0.1) is 0 Å². The number of unbranched alkanes of at least 4 members (excludes halogenated alkanes) is 2. The number of amides is 2. The zero-order chi connectivity index (χ0) is 22.6. The molecule has 0 aromatic heterocycles. The quantitative estimate of drug-likeness (QED) is 0.254. The van der Waals surface area contributed by atoms with E-state index in [1.54, 1.807) is 42.5 Å². The van der Waals surface area contributed by atoms with E-state index in [0.717, 1.165) is 19.3 Å². The topological polar surface area (TPSA) is 88.7 Å². The lowest BCUT2D eigenvalue weighted by molar-refractivity contribution is -0.123. The Morgan fingerprint density at radius 2 is 1.84 bits per heavy atom. The predicted molar refractivity (Wildman–Crippen MR) is 127 cm³/mol. The van der Waals surface area contributed by atoms with Gasteiger partial charge in [0.05, 0.1) is 16.6 Å². The molecule has 0 fully saturated rings. The van der Waals surface area contributed by atoms with Gasteiger partial charge in [-0.05, 0) is 64.9 Å². The fourth-order valence-electron chi connectivity index (χ4n) is 2.41. The van der Waals surface area contributed by atoms with Crippen LogP contribution in [-0.2, 0) is 4.79 Å². The Kier molecular flexibility index (Phi) is 10.6. The van der Waals surface area contributed by atoms with E-state index in [1.807, 2.05) is 0 Å². The monoisotopic (exact) mass is 527 g/mol. The van der Waals surface area contributed by atoms with Crippen LogP contribution in [0.4, 0.5) is 0 Å². The highest BCUT2D eigenvalue weighted by atomic mass is 79.9. The van der Waals surface area contributed by atoms with Crippen molar-refractivity contribution in [2.75, 3.05) is 13.2 Å². The molecule has 0 aliphatic carbocycles. The van der Waals surface area contributed by atoms with Gasteiger partial charge in [-0.1, -0.05) is 43.5 Å². The third-order valence-electron chi connectivity index (χ3n) is 3.93. The fourth-order valence-corrected chi connectivity index (χ4v) is 3.35. The molecule has 0 spiro atoms. The lowest BCUT2D eigenvalue weighted by Gasteiger charge is -2.14. The maximum atomic E-state index is 12.5. The number of thiocarbonyl (C=S) groups is 1. The molecular weight excluding hydrogens is 506 g/mol. The van der Waals surface area contributed by atoms with Gasteiger partial charge in [-0.2, -0.15) is 0 Å². The molecule has 2 aromatic rings. The maximum absolute atomic E-state index is 12.5. The van der Waals surface area contributed by atoms with E-state index in [0.29, 0.717) is 33.2 Å². The maximum Gasteiger partial charge on any atom is 0.276 e. The van der Waals surface area contributed by atoms with Crippen molar-refractivity contribution in [2.24, 2.45) is 0 Å². The summed E-state index contributed by atoms with van der Waals surface area (Å²) < 4.78 is 11.7. The minimum absolute atomic E-state index is 0.0631. The third kappa shape index (κ3) is 8.72. The minimum atomic E-state index is -0.488. The van der Waals surface area contributed by atoms with Crippen molar-refractivity contribution in [2.45, 2.75) is 26.2 Å². The number of ether oxygens (including phenoxy) is 2. The predicted octanol–water partition coefficient (Wildman–Crippen LogP) is 4.39. The average Bonchev–Trinajstić information content (AvgIpc) is 2.75. The molecule has 31 heavy (non-hydrogen) atoms. The van der Waals surface area contributed by atoms with E-state index >= 15 is 0 Å². The van der Waals surface area contributed by atoms with Crippen LogP contribution in [0.15, 0.2) is 46.9 Å². The zero-order valence-electron chi connectivity index (χ0n) is 16.9. The standard InChI is InChI=1S/C21H23BrClN3O4S/c1-2-3-6-11-29-17-8-5-4-7-15(17)20(28)24-21(31)26-25-19(27)13-30-18-10-9-14(23)12-16(18)22/h4-5,7-10,12H,2-3,6,11,13H2,1H3,(H,25,27)(H2,24,26,28,31). The van der Waals surface area contributed by atoms with Crippen LogP contribution in [0.25, 0.3) is 0 Å². The minimum Gasteiger partial charge on any atom is -0.493 e. The summed E-state index contributed by atoms with van der Waals surface area (Å²) in [5, 5.41) is 2.98. The second-order valence-corrected chi connectivity index (χ2v) is 8.07. The number of rotatable bonds is 9. The number of hydrogen-bond donors (Lipinski definition) is 3. The largest absolute Gasteiger partial charge is 0.493 e. The Morgan fingerprint density at radius 3 is 2.58 bits per heavy atom. The first-order chi connectivity index (χ1) is 14.9. The van der Waals surface area contributed by atoms with Crippen molar-refractivity contribution in [1.82, 2.24) is 16.2 Å². The van der Waals surface area contributed by atoms with Gasteiger partial charge in [-0.3, -0.25) is 25.8 Å². The second kappa shape index (κ2) is 13.1. The summed E-state index contributed by atoms with van der Waals surface area (Å²) in [7, 11) is 0. The molecule has 0 heterocycles. The average molecular weight is 529 g/mol. The number of carbonyl (C=O) groups excluding carboxylic acids is 2. The van der Waals surface area contributed by atoms with E-state index in [4.69, 9.17) is 33.3 Å². The summed E-state index contributed by atoms with van der Waals surface area (Å²) in [5.74, 6) is 0.00754. The molecule has 0 unspecified atom stereocenters. The van der Waals surface area contributed by atoms with E-state index in [-0.39, 0.29) is 11.7 Å². The van der Waals surface area contributed by atoms with Crippen LogP contribution in [0.3, 0.4) is 0 Å². The van der Waals surface area contributed by atoms with Gasteiger partial charge < -0.3 is 9.47 Å². The van der Waals surface area contributed by atoms with Crippen LogP contribution in [0.2, 0.25) is 5.02 Å². The number of hydrogen-bond acceptors (Lipinski definition) is 5. The fraction of sp³-hybridized carbons (Fsp3) is 0.286. The molecule has 0 bridgehead atoms. The van der Waals surface area contributed by atoms with Crippen molar-refractivity contribution < 1.29 is 19.1 Å². The molecule has 0 radical (unpaired) electrons. The van der Waals surface area contributed by atoms with E-state index < -0.39 is 11.8 Å². The van der Waals surface area contributed by atoms with Gasteiger partial charge in [0.25, 0.3) is 11.8 Å².